The fourth-order valence-electron chi connectivity index (χ4n) is 1.16. The SMILES string of the molecule is CC(=O)/C(=C/N(C)C)c1ccncc1. The Balaban J connectivity index is 3.08. The summed E-state index contributed by atoms with van der Waals surface area (Å²) in [7, 11) is 3.79. The molecular formula is C11H14N2O. The van der Waals surface area contributed by atoms with Gasteiger partial charge in [0.15, 0.2) is 5.78 Å². The maximum Gasteiger partial charge on any atom is 0.161 e. The quantitative estimate of drug-likeness (QED) is 0.678. The normalized spacial score (nSPS) is 11.2. The van der Waals surface area contributed by atoms with E-state index in [1.54, 1.807) is 19.3 Å². The number of Topliss-reactive ketones (excluding diaryl/α,β-unsaturated/α-hetero) is 1. The smallest absolute Gasteiger partial charge is 0.161 e. The van der Waals surface area contributed by atoms with Crippen LogP contribution in [-0.2, 0) is 4.79 Å². The molecule has 0 bridgehead atoms. The largest absolute Gasteiger partial charge is 0.383 e. The van der Waals surface area contributed by atoms with Crippen LogP contribution in [0.4, 0.5) is 0 Å². The van der Waals surface area contributed by atoms with Crippen molar-refractivity contribution in [3.8, 4) is 0 Å². The molecule has 0 unspecified atom stereocenters. The van der Waals surface area contributed by atoms with Crippen LogP contribution in [0.3, 0.4) is 0 Å². The van der Waals surface area contributed by atoms with E-state index in [-0.39, 0.29) is 5.78 Å². The summed E-state index contributed by atoms with van der Waals surface area (Å²) >= 11 is 0. The number of pyridine rings is 1. The molecule has 0 aliphatic carbocycles. The van der Waals surface area contributed by atoms with Crippen LogP contribution in [0.15, 0.2) is 30.7 Å². The van der Waals surface area contributed by atoms with E-state index in [0.29, 0.717) is 5.57 Å². The molecule has 1 aromatic rings. The van der Waals surface area contributed by atoms with Crippen LogP contribution in [0.2, 0.25) is 0 Å². The van der Waals surface area contributed by atoms with Crippen molar-refractivity contribution in [1.82, 2.24) is 9.88 Å². The zero-order valence-corrected chi connectivity index (χ0v) is 8.69. The van der Waals surface area contributed by atoms with E-state index in [4.69, 9.17) is 0 Å². The Morgan fingerprint density at radius 2 is 1.93 bits per heavy atom. The van der Waals surface area contributed by atoms with Crippen molar-refractivity contribution in [3.63, 3.8) is 0 Å². The van der Waals surface area contributed by atoms with Gasteiger partial charge < -0.3 is 4.90 Å². The van der Waals surface area contributed by atoms with Crippen LogP contribution in [0, 0.1) is 0 Å². The predicted molar refractivity (Wildman–Crippen MR) is 56.6 cm³/mol. The first-order valence-corrected chi connectivity index (χ1v) is 4.41. The topological polar surface area (TPSA) is 33.2 Å². The Labute approximate surface area is 84.1 Å². The lowest BCUT2D eigenvalue weighted by molar-refractivity contribution is -0.111. The van der Waals surface area contributed by atoms with Crippen LogP contribution in [0.5, 0.6) is 0 Å². The molecule has 0 aliphatic rings. The number of carbonyl (C=O) groups excluding carboxylic acids is 1. The van der Waals surface area contributed by atoms with Gasteiger partial charge in [-0.05, 0) is 24.6 Å². The third kappa shape index (κ3) is 2.69. The van der Waals surface area contributed by atoms with Crippen LogP contribution >= 0.6 is 0 Å². The summed E-state index contributed by atoms with van der Waals surface area (Å²) in [5.74, 6) is 0.0601. The Hall–Kier alpha value is -1.64. The fraction of sp³-hybridized carbons (Fsp3) is 0.273. The van der Waals surface area contributed by atoms with E-state index in [2.05, 4.69) is 4.98 Å². The molecule has 3 heteroatoms. The lowest BCUT2D eigenvalue weighted by atomic mass is 10.1. The standard InChI is InChI=1S/C11H14N2O/c1-9(14)11(8-13(2)3)10-4-6-12-7-5-10/h4-8H,1-3H3/b11-8-. The third-order valence-electron chi connectivity index (χ3n) is 1.76. The third-order valence-corrected chi connectivity index (χ3v) is 1.76. The first-order chi connectivity index (χ1) is 6.61. The Bertz CT molecular complexity index is 342. The lowest BCUT2D eigenvalue weighted by Gasteiger charge is -2.09. The first-order valence-electron chi connectivity index (χ1n) is 4.41. The molecule has 0 aromatic carbocycles. The number of nitrogens with zero attached hydrogens (tertiary/aromatic N) is 2. The molecule has 0 spiro atoms. The van der Waals surface area contributed by atoms with Crippen LogP contribution in [0.25, 0.3) is 5.57 Å². The zero-order chi connectivity index (χ0) is 10.6. The average molecular weight is 190 g/mol. The van der Waals surface area contributed by atoms with Crippen molar-refractivity contribution < 1.29 is 4.79 Å². The van der Waals surface area contributed by atoms with Crippen molar-refractivity contribution in [2.45, 2.75) is 6.92 Å². The second-order valence-corrected chi connectivity index (χ2v) is 3.30. The van der Waals surface area contributed by atoms with Gasteiger partial charge in [0.05, 0.1) is 0 Å². The zero-order valence-electron chi connectivity index (χ0n) is 8.69. The van der Waals surface area contributed by atoms with E-state index >= 15 is 0 Å². The van der Waals surface area contributed by atoms with E-state index in [9.17, 15) is 4.79 Å². The summed E-state index contributed by atoms with van der Waals surface area (Å²) in [6, 6.07) is 3.66. The van der Waals surface area contributed by atoms with E-state index in [1.807, 2.05) is 37.3 Å². The Kier molecular flexibility index (Phi) is 3.40. The van der Waals surface area contributed by atoms with Crippen molar-refractivity contribution in [1.29, 1.82) is 0 Å². The van der Waals surface area contributed by atoms with Crippen molar-refractivity contribution in [2.75, 3.05) is 14.1 Å². The van der Waals surface area contributed by atoms with Gasteiger partial charge in [-0.2, -0.15) is 0 Å². The number of carbonyl (C=O) groups is 1. The number of aromatic nitrogens is 1. The molecule has 0 saturated carbocycles. The molecular weight excluding hydrogens is 176 g/mol. The molecule has 0 atom stereocenters. The van der Waals surface area contributed by atoms with Gasteiger partial charge in [0, 0.05) is 38.3 Å². The average Bonchev–Trinajstić information content (AvgIpc) is 2.15. The molecule has 74 valence electrons. The second kappa shape index (κ2) is 4.56. The summed E-state index contributed by atoms with van der Waals surface area (Å²) in [5.41, 5.74) is 1.61. The highest BCUT2D eigenvalue weighted by atomic mass is 16.1. The number of hydrogen-bond donors (Lipinski definition) is 0. The van der Waals surface area contributed by atoms with Gasteiger partial charge in [0.25, 0.3) is 0 Å². The van der Waals surface area contributed by atoms with Crippen LogP contribution in [-0.4, -0.2) is 29.8 Å². The van der Waals surface area contributed by atoms with Gasteiger partial charge in [0.2, 0.25) is 0 Å². The van der Waals surface area contributed by atoms with Crippen molar-refractivity contribution in [2.24, 2.45) is 0 Å². The highest BCUT2D eigenvalue weighted by molar-refractivity contribution is 6.19. The number of rotatable bonds is 3. The molecule has 3 nitrogen and oxygen atoms in total. The van der Waals surface area contributed by atoms with E-state index in [1.165, 1.54) is 0 Å². The number of hydrogen-bond acceptors (Lipinski definition) is 3. The van der Waals surface area contributed by atoms with Crippen molar-refractivity contribution in [3.05, 3.63) is 36.3 Å². The molecule has 1 aromatic heterocycles. The lowest BCUT2D eigenvalue weighted by Crippen LogP contribution is -2.06. The minimum Gasteiger partial charge on any atom is -0.383 e. The van der Waals surface area contributed by atoms with Crippen LogP contribution in [0.1, 0.15) is 12.5 Å². The summed E-state index contributed by atoms with van der Waals surface area (Å²) in [6.45, 7) is 1.57. The minimum atomic E-state index is 0.0601. The predicted octanol–water partition coefficient (Wildman–Crippen LogP) is 1.57. The number of ketones is 1. The van der Waals surface area contributed by atoms with E-state index < -0.39 is 0 Å². The fourth-order valence-corrected chi connectivity index (χ4v) is 1.16. The molecule has 0 amide bonds. The van der Waals surface area contributed by atoms with Gasteiger partial charge in [-0.15, -0.1) is 0 Å². The molecule has 0 aliphatic heterocycles. The van der Waals surface area contributed by atoms with E-state index in [0.717, 1.165) is 5.56 Å². The maximum atomic E-state index is 11.4. The van der Waals surface area contributed by atoms with Crippen LogP contribution < -0.4 is 0 Å². The molecule has 0 fully saturated rings. The second-order valence-electron chi connectivity index (χ2n) is 3.30. The van der Waals surface area contributed by atoms with Gasteiger partial charge in [0.1, 0.15) is 0 Å². The van der Waals surface area contributed by atoms with Gasteiger partial charge in [-0.3, -0.25) is 9.78 Å². The monoisotopic (exact) mass is 190 g/mol. The molecule has 14 heavy (non-hydrogen) atoms. The summed E-state index contributed by atoms with van der Waals surface area (Å²) < 4.78 is 0. The Morgan fingerprint density at radius 1 is 1.36 bits per heavy atom. The minimum absolute atomic E-state index is 0.0601. The maximum absolute atomic E-state index is 11.4. The summed E-state index contributed by atoms with van der Waals surface area (Å²) in [6.07, 6.45) is 5.18. The molecule has 1 rings (SSSR count). The molecule has 0 radical (unpaired) electrons. The van der Waals surface area contributed by atoms with Crippen molar-refractivity contribution >= 4 is 11.4 Å². The summed E-state index contributed by atoms with van der Waals surface area (Å²) in [4.78, 5) is 17.1. The first kappa shape index (κ1) is 10.4. The molecule has 0 N–H and O–H groups in total. The Morgan fingerprint density at radius 3 is 2.36 bits per heavy atom. The van der Waals surface area contributed by atoms with Gasteiger partial charge >= 0.3 is 0 Å². The van der Waals surface area contributed by atoms with Gasteiger partial charge in [-0.1, -0.05) is 0 Å². The molecule has 0 saturated heterocycles. The highest BCUT2D eigenvalue weighted by Crippen LogP contribution is 2.14. The number of allylic oxidation sites excluding steroid dienone is 1. The van der Waals surface area contributed by atoms with Gasteiger partial charge in [-0.25, -0.2) is 0 Å². The summed E-state index contributed by atoms with van der Waals surface area (Å²) in [5, 5.41) is 0. The molecule has 1 heterocycles. The highest BCUT2D eigenvalue weighted by Gasteiger charge is 2.06.